The lowest BCUT2D eigenvalue weighted by Crippen LogP contribution is -2.27. The van der Waals surface area contributed by atoms with Crippen molar-refractivity contribution < 1.29 is 19.2 Å². The van der Waals surface area contributed by atoms with Crippen LogP contribution in [0.1, 0.15) is 23.2 Å². The van der Waals surface area contributed by atoms with E-state index < -0.39 is 5.97 Å². The summed E-state index contributed by atoms with van der Waals surface area (Å²) in [7, 11) is 0. The van der Waals surface area contributed by atoms with Crippen LogP contribution < -0.4 is 5.32 Å². The minimum Gasteiger partial charge on any atom is -0.481 e. The fourth-order valence-corrected chi connectivity index (χ4v) is 1.90. The van der Waals surface area contributed by atoms with Crippen molar-refractivity contribution in [3.8, 4) is 0 Å². The Labute approximate surface area is 115 Å². The van der Waals surface area contributed by atoms with Crippen molar-refractivity contribution in [3.05, 3.63) is 29.0 Å². The van der Waals surface area contributed by atoms with Gasteiger partial charge in [-0.25, -0.2) is 0 Å². The number of nitrogens with one attached hydrogen (secondary N) is 1. The molecule has 0 aliphatic rings. The summed E-state index contributed by atoms with van der Waals surface area (Å²) in [6, 6.07) is 3.84. The Balaban J connectivity index is 2.08. The number of carboxylic acid groups (broad SMARTS) is 1. The molecule has 0 aliphatic heterocycles. The molecule has 2 N–H and O–H groups in total. The van der Waals surface area contributed by atoms with E-state index in [1.54, 1.807) is 0 Å². The molecule has 1 heterocycles. The molecule has 6 nitrogen and oxygen atoms in total. The van der Waals surface area contributed by atoms with Gasteiger partial charge in [0.1, 0.15) is 5.69 Å². The van der Waals surface area contributed by atoms with Crippen molar-refractivity contribution in [1.29, 1.82) is 0 Å². The maximum absolute atomic E-state index is 11.7. The fraction of sp³-hybridized carbons (Fsp3) is 0.357. The van der Waals surface area contributed by atoms with Crippen molar-refractivity contribution in [2.75, 3.05) is 6.54 Å². The molecular weight excluding hydrogens is 260 g/mol. The number of rotatable bonds is 5. The van der Waals surface area contributed by atoms with Crippen LogP contribution >= 0.6 is 0 Å². The zero-order valence-corrected chi connectivity index (χ0v) is 11.4. The standard InChI is InChI=1S/C14H16N2O4/c1-8-5-10-11(16-20-12(10)6-9(8)2)7-13(17)15-4-3-14(18)19/h5-6H,3-4,7H2,1-2H3,(H,15,17)(H,18,19). The molecule has 0 fully saturated rings. The van der Waals surface area contributed by atoms with Crippen LogP contribution in [0.5, 0.6) is 0 Å². The van der Waals surface area contributed by atoms with Gasteiger partial charge in [0, 0.05) is 11.9 Å². The first-order valence-electron chi connectivity index (χ1n) is 6.31. The molecule has 6 heteroatoms. The molecule has 1 aromatic heterocycles. The number of amides is 1. The quantitative estimate of drug-likeness (QED) is 0.864. The second-order valence-corrected chi connectivity index (χ2v) is 4.73. The molecule has 0 saturated heterocycles. The van der Waals surface area contributed by atoms with E-state index in [2.05, 4.69) is 10.5 Å². The highest BCUT2D eigenvalue weighted by molar-refractivity contribution is 5.87. The van der Waals surface area contributed by atoms with Gasteiger partial charge in [-0.15, -0.1) is 0 Å². The Morgan fingerprint density at radius 3 is 2.70 bits per heavy atom. The predicted octanol–water partition coefficient (Wildman–Crippen LogP) is 1.58. The Kier molecular flexibility index (Phi) is 4.02. The van der Waals surface area contributed by atoms with E-state index in [1.165, 1.54) is 0 Å². The Morgan fingerprint density at radius 1 is 1.30 bits per heavy atom. The molecule has 20 heavy (non-hydrogen) atoms. The van der Waals surface area contributed by atoms with Crippen molar-refractivity contribution in [2.45, 2.75) is 26.7 Å². The summed E-state index contributed by atoms with van der Waals surface area (Å²) in [5.41, 5.74) is 3.43. The first-order valence-corrected chi connectivity index (χ1v) is 6.31. The zero-order valence-electron chi connectivity index (χ0n) is 11.4. The summed E-state index contributed by atoms with van der Waals surface area (Å²) in [6.45, 7) is 4.08. The molecule has 0 atom stereocenters. The van der Waals surface area contributed by atoms with Crippen LogP contribution in [-0.2, 0) is 16.0 Å². The van der Waals surface area contributed by atoms with Gasteiger partial charge >= 0.3 is 5.97 Å². The minimum atomic E-state index is -0.941. The molecule has 0 saturated carbocycles. The lowest BCUT2D eigenvalue weighted by molar-refractivity contribution is -0.136. The highest BCUT2D eigenvalue weighted by Gasteiger charge is 2.13. The molecule has 0 spiro atoms. The monoisotopic (exact) mass is 276 g/mol. The SMILES string of the molecule is Cc1cc2onc(CC(=O)NCCC(=O)O)c2cc1C. The van der Waals surface area contributed by atoms with Crippen LogP contribution in [0.2, 0.25) is 0 Å². The molecule has 106 valence electrons. The molecule has 1 aromatic carbocycles. The number of hydrogen-bond acceptors (Lipinski definition) is 4. The summed E-state index contributed by atoms with van der Waals surface area (Å²) >= 11 is 0. The molecule has 0 unspecified atom stereocenters. The molecule has 0 radical (unpaired) electrons. The maximum atomic E-state index is 11.7. The second kappa shape index (κ2) is 5.73. The van der Waals surface area contributed by atoms with E-state index in [1.807, 2.05) is 26.0 Å². The topological polar surface area (TPSA) is 92.4 Å². The first kappa shape index (κ1) is 14.0. The Hall–Kier alpha value is -2.37. The number of aryl methyl sites for hydroxylation is 2. The molecule has 2 aromatic rings. The van der Waals surface area contributed by atoms with Gasteiger partial charge < -0.3 is 14.9 Å². The third-order valence-electron chi connectivity index (χ3n) is 3.15. The number of carboxylic acids is 1. The van der Waals surface area contributed by atoms with Crippen LogP contribution in [0.3, 0.4) is 0 Å². The van der Waals surface area contributed by atoms with Gasteiger partial charge in [0.25, 0.3) is 0 Å². The summed E-state index contributed by atoms with van der Waals surface area (Å²) in [4.78, 5) is 22.1. The average Bonchev–Trinajstić information content (AvgIpc) is 2.72. The van der Waals surface area contributed by atoms with Crippen LogP contribution in [0.15, 0.2) is 16.7 Å². The first-order chi connectivity index (χ1) is 9.47. The summed E-state index contributed by atoms with van der Waals surface area (Å²) in [6.07, 6.45) is -0.0152. The van der Waals surface area contributed by atoms with E-state index in [0.717, 1.165) is 16.5 Å². The van der Waals surface area contributed by atoms with Gasteiger partial charge in [-0.2, -0.15) is 0 Å². The number of aliphatic carboxylic acids is 1. The van der Waals surface area contributed by atoms with Gasteiger partial charge in [0.15, 0.2) is 5.58 Å². The molecule has 0 bridgehead atoms. The molecule has 1 amide bonds. The highest BCUT2D eigenvalue weighted by Crippen LogP contribution is 2.22. The number of carbonyl (C=O) groups is 2. The largest absolute Gasteiger partial charge is 0.481 e. The molecule has 0 aliphatic carbocycles. The van der Waals surface area contributed by atoms with E-state index in [9.17, 15) is 9.59 Å². The van der Waals surface area contributed by atoms with E-state index in [0.29, 0.717) is 11.3 Å². The third kappa shape index (κ3) is 3.14. The van der Waals surface area contributed by atoms with Gasteiger partial charge in [-0.3, -0.25) is 9.59 Å². The number of hydrogen-bond donors (Lipinski definition) is 2. The van der Waals surface area contributed by atoms with Gasteiger partial charge in [0.2, 0.25) is 5.91 Å². The molecular formula is C14H16N2O4. The minimum absolute atomic E-state index is 0.0785. The summed E-state index contributed by atoms with van der Waals surface area (Å²) in [5, 5.41) is 15.8. The Bertz CT molecular complexity index is 660. The summed E-state index contributed by atoms with van der Waals surface area (Å²) < 4.78 is 5.20. The van der Waals surface area contributed by atoms with Crippen LogP contribution in [0.4, 0.5) is 0 Å². The number of aromatic nitrogens is 1. The van der Waals surface area contributed by atoms with Gasteiger partial charge in [-0.05, 0) is 37.1 Å². The number of fused-ring (bicyclic) bond motifs is 1. The smallest absolute Gasteiger partial charge is 0.305 e. The van der Waals surface area contributed by atoms with Gasteiger partial charge in [0.05, 0.1) is 12.8 Å². The van der Waals surface area contributed by atoms with E-state index in [-0.39, 0.29) is 25.3 Å². The van der Waals surface area contributed by atoms with Crippen molar-refractivity contribution in [3.63, 3.8) is 0 Å². The van der Waals surface area contributed by atoms with Gasteiger partial charge in [-0.1, -0.05) is 5.16 Å². The molecule has 2 rings (SSSR count). The van der Waals surface area contributed by atoms with Crippen LogP contribution in [0, 0.1) is 13.8 Å². The second-order valence-electron chi connectivity index (χ2n) is 4.73. The van der Waals surface area contributed by atoms with E-state index >= 15 is 0 Å². The number of carbonyl (C=O) groups excluding carboxylic acids is 1. The van der Waals surface area contributed by atoms with Crippen LogP contribution in [-0.4, -0.2) is 28.7 Å². The van der Waals surface area contributed by atoms with Crippen molar-refractivity contribution >= 4 is 22.8 Å². The lowest BCUT2D eigenvalue weighted by Gasteiger charge is -2.02. The normalized spacial score (nSPS) is 10.7. The predicted molar refractivity (Wildman–Crippen MR) is 72.4 cm³/mol. The average molecular weight is 276 g/mol. The number of nitrogens with zero attached hydrogens (tertiary/aromatic N) is 1. The maximum Gasteiger partial charge on any atom is 0.305 e. The highest BCUT2D eigenvalue weighted by atomic mass is 16.5. The fourth-order valence-electron chi connectivity index (χ4n) is 1.90. The van der Waals surface area contributed by atoms with Crippen molar-refractivity contribution in [2.24, 2.45) is 0 Å². The van der Waals surface area contributed by atoms with Crippen LogP contribution in [0.25, 0.3) is 11.0 Å². The zero-order chi connectivity index (χ0) is 14.7. The van der Waals surface area contributed by atoms with Crippen molar-refractivity contribution in [1.82, 2.24) is 10.5 Å². The third-order valence-corrected chi connectivity index (χ3v) is 3.15. The number of benzene rings is 1. The lowest BCUT2D eigenvalue weighted by atomic mass is 10.1. The van der Waals surface area contributed by atoms with E-state index in [4.69, 9.17) is 9.63 Å². The summed E-state index contributed by atoms with van der Waals surface area (Å²) in [5.74, 6) is -1.21. The Morgan fingerprint density at radius 2 is 2.00 bits per heavy atom.